The highest BCUT2D eigenvalue weighted by Crippen LogP contribution is 2.02. The van der Waals surface area contributed by atoms with Crippen molar-refractivity contribution >= 4 is 12.4 Å². The molecule has 110 valence electrons. The van der Waals surface area contributed by atoms with Gasteiger partial charge in [0.25, 0.3) is 6.47 Å². The number of unbranched alkanes of at least 4 members (excludes halogenated alkanes) is 2. The Kier molecular flexibility index (Phi) is 19.5. The lowest BCUT2D eigenvalue weighted by Crippen LogP contribution is -2.17. The summed E-state index contributed by atoms with van der Waals surface area (Å²) in [6, 6.07) is 0. The molecule has 0 fully saturated rings. The van der Waals surface area contributed by atoms with Gasteiger partial charge >= 0.3 is 5.97 Å². The standard InChI is InChI=1S/C6H13NO2.C5H10O2.CH5N/c7-5-3-1-2-4-6(8)9;1-5(2,3)7-4-6;1-2/h1-5,7H2,(H,8,9);4H,1-3H3;2H2,1H3. The van der Waals surface area contributed by atoms with Crippen LogP contribution in [-0.2, 0) is 14.3 Å². The molecular formula is C12H28N2O4. The van der Waals surface area contributed by atoms with Crippen LogP contribution < -0.4 is 11.5 Å². The zero-order valence-electron chi connectivity index (χ0n) is 11.9. The van der Waals surface area contributed by atoms with Gasteiger partial charge in [-0.05, 0) is 47.2 Å². The van der Waals surface area contributed by atoms with Crippen molar-refractivity contribution < 1.29 is 19.4 Å². The van der Waals surface area contributed by atoms with Gasteiger partial charge in [0.1, 0.15) is 5.60 Å². The number of ether oxygens (including phenoxy) is 1. The Labute approximate surface area is 110 Å². The van der Waals surface area contributed by atoms with Gasteiger partial charge in [0.05, 0.1) is 0 Å². The molecule has 0 aliphatic carbocycles. The molecule has 0 rings (SSSR count). The normalized spacial score (nSPS) is 9.22. The second-order valence-corrected chi connectivity index (χ2v) is 4.32. The predicted molar refractivity (Wildman–Crippen MR) is 72.2 cm³/mol. The van der Waals surface area contributed by atoms with Gasteiger partial charge in [-0.2, -0.15) is 0 Å². The van der Waals surface area contributed by atoms with Gasteiger partial charge in [-0.3, -0.25) is 9.59 Å². The Morgan fingerprint density at radius 1 is 1.22 bits per heavy atom. The van der Waals surface area contributed by atoms with Gasteiger partial charge in [0, 0.05) is 6.42 Å². The van der Waals surface area contributed by atoms with E-state index in [4.69, 9.17) is 10.8 Å². The first kappa shape index (κ1) is 22.1. The lowest BCUT2D eigenvalue weighted by atomic mass is 10.2. The average Bonchev–Trinajstić information content (AvgIpc) is 2.26. The van der Waals surface area contributed by atoms with E-state index in [1.165, 1.54) is 7.05 Å². The highest BCUT2D eigenvalue weighted by Gasteiger charge is 2.07. The number of carbonyl (C=O) groups excluding carboxylic acids is 1. The van der Waals surface area contributed by atoms with E-state index in [2.05, 4.69) is 10.5 Å². The van der Waals surface area contributed by atoms with Crippen LogP contribution in [0.2, 0.25) is 0 Å². The van der Waals surface area contributed by atoms with Crippen molar-refractivity contribution in [3.63, 3.8) is 0 Å². The third-order valence-corrected chi connectivity index (χ3v) is 1.50. The van der Waals surface area contributed by atoms with Crippen molar-refractivity contribution in [2.24, 2.45) is 11.5 Å². The number of carbonyl (C=O) groups is 2. The van der Waals surface area contributed by atoms with E-state index in [1.54, 1.807) is 0 Å². The van der Waals surface area contributed by atoms with E-state index < -0.39 is 5.97 Å². The van der Waals surface area contributed by atoms with E-state index in [1.807, 2.05) is 20.8 Å². The molecule has 0 saturated carbocycles. The molecule has 0 aromatic carbocycles. The summed E-state index contributed by atoms with van der Waals surface area (Å²) in [5.41, 5.74) is 9.38. The Bertz CT molecular complexity index is 191. The van der Waals surface area contributed by atoms with Gasteiger partial charge in [-0.1, -0.05) is 6.42 Å². The molecule has 0 radical (unpaired) electrons. The van der Waals surface area contributed by atoms with E-state index in [0.717, 1.165) is 19.3 Å². The first-order valence-corrected chi connectivity index (χ1v) is 5.94. The fraction of sp³-hybridized carbons (Fsp3) is 0.833. The monoisotopic (exact) mass is 264 g/mol. The first-order valence-electron chi connectivity index (χ1n) is 5.94. The van der Waals surface area contributed by atoms with E-state index in [0.29, 0.717) is 13.0 Å². The lowest BCUT2D eigenvalue weighted by Gasteiger charge is -2.14. The van der Waals surface area contributed by atoms with Gasteiger partial charge in [-0.15, -0.1) is 0 Å². The second kappa shape index (κ2) is 15.9. The van der Waals surface area contributed by atoms with Crippen LogP contribution in [0, 0.1) is 0 Å². The zero-order chi connectivity index (χ0) is 15.0. The quantitative estimate of drug-likeness (QED) is 0.489. The summed E-state index contributed by atoms with van der Waals surface area (Å²) < 4.78 is 4.55. The molecule has 0 aliphatic rings. The topological polar surface area (TPSA) is 116 Å². The first-order chi connectivity index (χ1) is 8.33. The molecule has 0 aliphatic heterocycles. The predicted octanol–water partition coefficient (Wildman–Crippen LogP) is 1.12. The summed E-state index contributed by atoms with van der Waals surface area (Å²) in [6.07, 6.45) is 2.91. The van der Waals surface area contributed by atoms with Crippen LogP contribution in [0.3, 0.4) is 0 Å². The molecule has 18 heavy (non-hydrogen) atoms. The van der Waals surface area contributed by atoms with Gasteiger partial charge in [0.2, 0.25) is 0 Å². The highest BCUT2D eigenvalue weighted by atomic mass is 16.5. The number of carboxylic acid groups (broad SMARTS) is 1. The Hall–Kier alpha value is -1.14. The molecule has 0 bridgehead atoms. The van der Waals surface area contributed by atoms with Crippen molar-refractivity contribution in [1.82, 2.24) is 0 Å². The number of nitrogens with two attached hydrogens (primary N) is 2. The molecule has 6 heteroatoms. The van der Waals surface area contributed by atoms with Gasteiger partial charge in [-0.25, -0.2) is 0 Å². The van der Waals surface area contributed by atoms with Gasteiger partial charge in [0.15, 0.2) is 0 Å². The van der Waals surface area contributed by atoms with Crippen LogP contribution >= 0.6 is 0 Å². The summed E-state index contributed by atoms with van der Waals surface area (Å²) >= 11 is 0. The van der Waals surface area contributed by atoms with E-state index >= 15 is 0 Å². The zero-order valence-corrected chi connectivity index (χ0v) is 11.9. The second-order valence-electron chi connectivity index (χ2n) is 4.32. The van der Waals surface area contributed by atoms with Crippen LogP contribution in [0.1, 0.15) is 46.5 Å². The van der Waals surface area contributed by atoms with Gasteiger partial charge < -0.3 is 21.3 Å². The maximum Gasteiger partial charge on any atom is 0.303 e. The van der Waals surface area contributed by atoms with Crippen molar-refractivity contribution in [1.29, 1.82) is 0 Å². The molecule has 0 aromatic rings. The van der Waals surface area contributed by atoms with Crippen molar-refractivity contribution in [2.75, 3.05) is 13.6 Å². The number of hydrogen-bond acceptors (Lipinski definition) is 5. The van der Waals surface area contributed by atoms with Crippen molar-refractivity contribution in [3.8, 4) is 0 Å². The molecule has 6 nitrogen and oxygen atoms in total. The number of carboxylic acids is 1. The minimum absolute atomic E-state index is 0.278. The number of hydrogen-bond donors (Lipinski definition) is 3. The largest absolute Gasteiger partial charge is 0.481 e. The average molecular weight is 264 g/mol. The highest BCUT2D eigenvalue weighted by molar-refractivity contribution is 5.66. The SMILES string of the molecule is CC(C)(C)OC=O.CN.NCCCCCC(=O)O. The summed E-state index contributed by atoms with van der Waals surface area (Å²) in [4.78, 5) is 19.5. The molecule has 0 unspecified atom stereocenters. The van der Waals surface area contributed by atoms with Crippen LogP contribution in [0.25, 0.3) is 0 Å². The van der Waals surface area contributed by atoms with Crippen molar-refractivity contribution in [2.45, 2.75) is 52.1 Å². The maximum absolute atomic E-state index is 9.93. The Morgan fingerprint density at radius 3 is 1.94 bits per heavy atom. The van der Waals surface area contributed by atoms with Crippen molar-refractivity contribution in [3.05, 3.63) is 0 Å². The number of aliphatic carboxylic acids is 1. The van der Waals surface area contributed by atoms with E-state index in [9.17, 15) is 9.59 Å². The summed E-state index contributed by atoms with van der Waals surface area (Å²) in [6.45, 7) is 6.59. The molecule has 0 spiro atoms. The third kappa shape index (κ3) is 36.4. The molecule has 0 amide bonds. The molecule has 0 atom stereocenters. The Morgan fingerprint density at radius 2 is 1.72 bits per heavy atom. The third-order valence-electron chi connectivity index (χ3n) is 1.50. The van der Waals surface area contributed by atoms with E-state index in [-0.39, 0.29) is 12.0 Å². The smallest absolute Gasteiger partial charge is 0.303 e. The Balaban J connectivity index is -0.000000225. The van der Waals surface area contributed by atoms with Crippen LogP contribution in [0.5, 0.6) is 0 Å². The molecule has 0 aromatic heterocycles. The molecule has 5 N–H and O–H groups in total. The van der Waals surface area contributed by atoms with Crippen LogP contribution in [0.15, 0.2) is 0 Å². The molecular weight excluding hydrogens is 236 g/mol. The summed E-state index contributed by atoms with van der Waals surface area (Å²) in [7, 11) is 1.50. The van der Waals surface area contributed by atoms with Crippen LogP contribution in [0.4, 0.5) is 0 Å². The maximum atomic E-state index is 9.93. The molecule has 0 saturated heterocycles. The number of rotatable bonds is 6. The summed E-state index contributed by atoms with van der Waals surface area (Å²) in [5.74, 6) is -0.716. The fourth-order valence-electron chi connectivity index (χ4n) is 0.742. The molecule has 0 heterocycles. The minimum atomic E-state index is -0.716. The lowest BCUT2D eigenvalue weighted by molar-refractivity contribution is -0.139. The van der Waals surface area contributed by atoms with Crippen LogP contribution in [-0.4, -0.2) is 36.7 Å². The fourth-order valence-corrected chi connectivity index (χ4v) is 0.742. The minimum Gasteiger partial charge on any atom is -0.481 e. The summed E-state index contributed by atoms with van der Waals surface area (Å²) in [5, 5.41) is 8.18.